The van der Waals surface area contributed by atoms with Gasteiger partial charge in [-0.25, -0.2) is 4.79 Å². The number of H-pyrrole nitrogens is 1. The molecule has 6 heteroatoms. The molecule has 1 aliphatic carbocycles. The quantitative estimate of drug-likeness (QED) is 0.358. The van der Waals surface area contributed by atoms with E-state index in [0.29, 0.717) is 11.3 Å². The Bertz CT molecular complexity index is 1690. The summed E-state index contributed by atoms with van der Waals surface area (Å²) in [6.07, 6.45) is 3.26. The van der Waals surface area contributed by atoms with Crippen molar-refractivity contribution in [3.05, 3.63) is 111 Å². The van der Waals surface area contributed by atoms with E-state index < -0.39 is 11.9 Å². The summed E-state index contributed by atoms with van der Waals surface area (Å²) in [5.41, 5.74) is 3.21. The number of aliphatic carboxylic acids is 1. The van der Waals surface area contributed by atoms with E-state index in [2.05, 4.69) is 4.98 Å². The monoisotopic (exact) mass is 435 g/mol. The molecular formula is C27H17NO5. The average molecular weight is 435 g/mol. The zero-order valence-corrected chi connectivity index (χ0v) is 17.2. The van der Waals surface area contributed by atoms with E-state index in [1.807, 2.05) is 42.6 Å². The minimum atomic E-state index is -1.12. The number of aromatic hydroxyl groups is 1. The summed E-state index contributed by atoms with van der Waals surface area (Å²) in [5.74, 6) is -1.33. The number of aromatic amines is 1. The summed E-state index contributed by atoms with van der Waals surface area (Å²) in [6.45, 7) is 0. The van der Waals surface area contributed by atoms with Crippen LogP contribution in [0.25, 0.3) is 33.5 Å². The molecular weight excluding hydrogens is 418 g/mol. The lowest BCUT2D eigenvalue weighted by molar-refractivity contribution is -0.130. The zero-order valence-electron chi connectivity index (χ0n) is 17.2. The van der Waals surface area contributed by atoms with Gasteiger partial charge in [0.05, 0.1) is 22.4 Å². The zero-order chi connectivity index (χ0) is 22.7. The molecule has 0 saturated carbocycles. The van der Waals surface area contributed by atoms with Crippen LogP contribution in [-0.4, -0.2) is 21.2 Å². The maximum Gasteiger partial charge on any atom is 0.336 e. The van der Waals surface area contributed by atoms with Crippen LogP contribution in [-0.2, 0) is 4.79 Å². The number of fused-ring (bicyclic) bond motifs is 4. The second kappa shape index (κ2) is 6.97. The van der Waals surface area contributed by atoms with Gasteiger partial charge >= 0.3 is 5.97 Å². The van der Waals surface area contributed by atoms with Crippen LogP contribution in [0.4, 0.5) is 0 Å². The van der Waals surface area contributed by atoms with E-state index >= 15 is 0 Å². The highest BCUT2D eigenvalue weighted by molar-refractivity contribution is 6.21. The van der Waals surface area contributed by atoms with E-state index in [0.717, 1.165) is 22.0 Å². The topological polar surface area (TPSA) is 104 Å². The number of phenolic OH excluding ortho intramolecular Hbond substituents is 1. The number of benzene rings is 3. The van der Waals surface area contributed by atoms with Gasteiger partial charge in [0.1, 0.15) is 17.1 Å². The second-order valence-corrected chi connectivity index (χ2v) is 8.10. The number of carboxylic acids is 1. The Morgan fingerprint density at radius 2 is 1.85 bits per heavy atom. The maximum atomic E-state index is 13.5. The van der Waals surface area contributed by atoms with Crippen LogP contribution in [0.1, 0.15) is 33.9 Å². The number of phenols is 1. The third-order valence-corrected chi connectivity index (χ3v) is 6.19. The molecule has 0 radical (unpaired) electrons. The maximum absolute atomic E-state index is 13.5. The van der Waals surface area contributed by atoms with E-state index in [4.69, 9.17) is 4.42 Å². The fourth-order valence-electron chi connectivity index (χ4n) is 4.68. The Balaban J connectivity index is 1.77. The third-order valence-electron chi connectivity index (χ3n) is 6.19. The largest absolute Gasteiger partial charge is 0.508 e. The molecule has 33 heavy (non-hydrogen) atoms. The van der Waals surface area contributed by atoms with E-state index in [1.54, 1.807) is 12.1 Å². The molecule has 6 nitrogen and oxygen atoms in total. The molecule has 160 valence electrons. The minimum Gasteiger partial charge on any atom is -0.508 e. The molecule has 1 unspecified atom stereocenters. The van der Waals surface area contributed by atoms with Gasteiger partial charge in [-0.3, -0.25) is 4.79 Å². The summed E-state index contributed by atoms with van der Waals surface area (Å²) < 4.78 is 6.27. The first kappa shape index (κ1) is 19.1. The Morgan fingerprint density at radius 1 is 1.00 bits per heavy atom. The SMILES string of the molecule is O=C(O)C1=Cc2c(oc3cc(O)ccc3c2=O)C(c2ccc3[nH]ccc3c2)c2ccccc21. The van der Waals surface area contributed by atoms with Gasteiger partial charge < -0.3 is 19.6 Å². The van der Waals surface area contributed by atoms with Gasteiger partial charge in [-0.1, -0.05) is 30.3 Å². The highest BCUT2D eigenvalue weighted by Gasteiger charge is 2.32. The predicted octanol–water partition coefficient (Wildman–Crippen LogP) is 5.10. The lowest BCUT2D eigenvalue weighted by Gasteiger charge is -2.20. The lowest BCUT2D eigenvalue weighted by Crippen LogP contribution is -2.13. The predicted molar refractivity (Wildman–Crippen MR) is 125 cm³/mol. The first-order valence-corrected chi connectivity index (χ1v) is 10.4. The summed E-state index contributed by atoms with van der Waals surface area (Å²) in [4.78, 5) is 28.9. The van der Waals surface area contributed by atoms with Gasteiger partial charge in [0.15, 0.2) is 5.43 Å². The molecule has 1 aliphatic rings. The van der Waals surface area contributed by atoms with E-state index in [9.17, 15) is 19.8 Å². The van der Waals surface area contributed by atoms with Crippen LogP contribution >= 0.6 is 0 Å². The fourth-order valence-corrected chi connectivity index (χ4v) is 4.68. The van der Waals surface area contributed by atoms with Gasteiger partial charge in [0.2, 0.25) is 0 Å². The number of nitrogens with one attached hydrogen (secondary N) is 1. The molecule has 0 amide bonds. The second-order valence-electron chi connectivity index (χ2n) is 8.10. The van der Waals surface area contributed by atoms with Crippen molar-refractivity contribution >= 4 is 39.5 Å². The van der Waals surface area contributed by atoms with Crippen molar-refractivity contribution in [2.24, 2.45) is 0 Å². The number of rotatable bonds is 2. The van der Waals surface area contributed by atoms with Crippen molar-refractivity contribution in [2.45, 2.75) is 5.92 Å². The molecule has 6 rings (SSSR count). The fraction of sp³-hybridized carbons (Fsp3) is 0.0370. The van der Waals surface area contributed by atoms with Crippen molar-refractivity contribution in [1.82, 2.24) is 4.98 Å². The van der Waals surface area contributed by atoms with Gasteiger partial charge in [-0.15, -0.1) is 0 Å². The standard InChI is InChI=1S/C27H17NO5/c29-16-6-7-19-23(12-16)33-26-21(25(19)30)13-20(27(31)32)17-3-1-2-4-18(17)24(26)15-5-8-22-14(11-15)9-10-28-22/h1-13,24,28-29H,(H,31,32). The van der Waals surface area contributed by atoms with Gasteiger partial charge in [-0.05, 0) is 58.5 Å². The smallest absolute Gasteiger partial charge is 0.336 e. The first-order chi connectivity index (χ1) is 16.0. The Morgan fingerprint density at radius 3 is 2.70 bits per heavy atom. The van der Waals surface area contributed by atoms with Gasteiger partial charge in [0.25, 0.3) is 0 Å². The molecule has 3 aromatic carbocycles. The normalized spacial score (nSPS) is 15.0. The highest BCUT2D eigenvalue weighted by Crippen LogP contribution is 2.42. The summed E-state index contributed by atoms with van der Waals surface area (Å²) >= 11 is 0. The first-order valence-electron chi connectivity index (χ1n) is 10.4. The van der Waals surface area contributed by atoms with Crippen molar-refractivity contribution in [3.8, 4) is 5.75 Å². The van der Waals surface area contributed by atoms with Gasteiger partial charge in [0, 0.05) is 17.8 Å². The van der Waals surface area contributed by atoms with E-state index in [1.165, 1.54) is 24.3 Å². The third kappa shape index (κ3) is 2.88. The lowest BCUT2D eigenvalue weighted by atomic mass is 9.84. The summed E-state index contributed by atoms with van der Waals surface area (Å²) in [6, 6.07) is 19.4. The average Bonchev–Trinajstić information content (AvgIpc) is 3.21. The molecule has 3 N–H and O–H groups in total. The van der Waals surface area contributed by atoms with Crippen LogP contribution < -0.4 is 5.43 Å². The molecule has 0 bridgehead atoms. The molecule has 0 saturated heterocycles. The Labute approximate surface area is 187 Å². The summed E-state index contributed by atoms with van der Waals surface area (Å²) in [7, 11) is 0. The van der Waals surface area contributed by atoms with Crippen molar-refractivity contribution in [1.29, 1.82) is 0 Å². The number of hydrogen-bond acceptors (Lipinski definition) is 4. The van der Waals surface area contributed by atoms with Gasteiger partial charge in [-0.2, -0.15) is 0 Å². The van der Waals surface area contributed by atoms with Crippen molar-refractivity contribution in [2.75, 3.05) is 0 Å². The van der Waals surface area contributed by atoms with Crippen LogP contribution in [0.5, 0.6) is 5.75 Å². The number of carboxylic acid groups (broad SMARTS) is 1. The van der Waals surface area contributed by atoms with Crippen LogP contribution in [0.15, 0.2) is 82.1 Å². The number of carbonyl (C=O) groups is 1. The van der Waals surface area contributed by atoms with Crippen molar-refractivity contribution < 1.29 is 19.4 Å². The molecule has 0 aliphatic heterocycles. The minimum absolute atomic E-state index is 0.0216. The Kier molecular flexibility index (Phi) is 4.04. The number of hydrogen-bond donors (Lipinski definition) is 3. The molecule has 1 atom stereocenters. The Hall–Kier alpha value is -4.58. The molecule has 2 aromatic heterocycles. The van der Waals surface area contributed by atoms with Crippen LogP contribution in [0.2, 0.25) is 0 Å². The number of aromatic nitrogens is 1. The molecule has 2 heterocycles. The van der Waals surface area contributed by atoms with E-state index in [-0.39, 0.29) is 33.3 Å². The van der Waals surface area contributed by atoms with Crippen LogP contribution in [0.3, 0.4) is 0 Å². The molecule has 0 spiro atoms. The highest BCUT2D eigenvalue weighted by atomic mass is 16.4. The molecule has 0 fully saturated rings. The van der Waals surface area contributed by atoms with Crippen molar-refractivity contribution in [3.63, 3.8) is 0 Å². The molecule has 5 aromatic rings. The summed E-state index contributed by atoms with van der Waals surface area (Å²) in [5, 5.41) is 21.2. The van der Waals surface area contributed by atoms with Crippen LogP contribution in [0, 0.1) is 0 Å².